The molecule has 0 unspecified atom stereocenters. The molecule has 0 bridgehead atoms. The van der Waals surface area contributed by atoms with Crippen molar-refractivity contribution < 1.29 is 20.7 Å². The Bertz CT molecular complexity index is 1660. The van der Waals surface area contributed by atoms with Crippen molar-refractivity contribution in [3.63, 3.8) is 0 Å². The third-order valence-corrected chi connectivity index (χ3v) is 6.93. The van der Waals surface area contributed by atoms with Crippen LogP contribution in [0.25, 0.3) is 0 Å². The van der Waals surface area contributed by atoms with Crippen molar-refractivity contribution in [3.05, 3.63) is 171 Å². The standard InChI is InChI=1S/C18H14BrNO2.C13H12O2.C5H3BrClN.H2/c19-15-6-11-18(20-12-15)22-17-9-7-16(8-10-17)21-13-14-4-2-1-3-5-14;14-12-6-8-13(9-7-12)15-10-11-4-2-1-3-5-11;6-4-1-2-5(7)8-3-4;/h1-12H,13H2;1-9,14H,10H2;1-3H;1H/i;;;1+1. The van der Waals surface area contributed by atoms with Gasteiger partial charge in [0.25, 0.3) is 0 Å². The van der Waals surface area contributed by atoms with Gasteiger partial charge >= 0.3 is 0 Å². The van der Waals surface area contributed by atoms with Crippen molar-refractivity contribution in [1.82, 2.24) is 9.97 Å². The number of benzene rings is 4. The summed E-state index contributed by atoms with van der Waals surface area (Å²) in [5, 5.41) is 9.61. The van der Waals surface area contributed by atoms with Crippen molar-refractivity contribution >= 4 is 43.5 Å². The summed E-state index contributed by atoms with van der Waals surface area (Å²) < 4.78 is 18.8. The van der Waals surface area contributed by atoms with Crippen LogP contribution in [0.5, 0.6) is 28.9 Å². The van der Waals surface area contributed by atoms with Crippen LogP contribution in [-0.4, -0.2) is 15.1 Å². The molecule has 6 aromatic rings. The van der Waals surface area contributed by atoms with Gasteiger partial charge in [-0.15, -0.1) is 0 Å². The van der Waals surface area contributed by atoms with Crippen LogP contribution < -0.4 is 14.2 Å². The molecule has 0 aliphatic rings. The van der Waals surface area contributed by atoms with E-state index < -0.39 is 0 Å². The normalized spacial score (nSPS) is 9.93. The number of rotatable bonds is 8. The lowest BCUT2D eigenvalue weighted by Crippen LogP contribution is -1.95. The lowest BCUT2D eigenvalue weighted by Gasteiger charge is -2.08. The summed E-state index contributed by atoms with van der Waals surface area (Å²) in [4.78, 5) is 7.97. The second-order valence-corrected chi connectivity index (χ2v) is 11.4. The first-order valence-corrected chi connectivity index (χ1v) is 15.7. The molecule has 9 heteroatoms. The maximum absolute atomic E-state index is 9.09. The average molecular weight is 752 g/mol. The van der Waals surface area contributed by atoms with Crippen molar-refractivity contribution in [2.75, 3.05) is 0 Å². The van der Waals surface area contributed by atoms with Crippen molar-refractivity contribution in [3.8, 4) is 28.9 Å². The van der Waals surface area contributed by atoms with E-state index in [0.717, 1.165) is 37.3 Å². The molecule has 6 rings (SSSR count). The molecule has 0 spiro atoms. The van der Waals surface area contributed by atoms with Gasteiger partial charge in [-0.25, -0.2) is 9.97 Å². The molecule has 0 aliphatic carbocycles. The zero-order valence-electron chi connectivity index (χ0n) is 24.0. The molecule has 0 fully saturated rings. The van der Waals surface area contributed by atoms with Crippen molar-refractivity contribution in [1.29, 1.82) is 0 Å². The van der Waals surface area contributed by atoms with E-state index in [9.17, 15) is 0 Å². The van der Waals surface area contributed by atoms with Crippen LogP contribution in [0.4, 0.5) is 0 Å². The van der Waals surface area contributed by atoms with E-state index >= 15 is 0 Å². The van der Waals surface area contributed by atoms with Crippen LogP contribution in [0, 0.1) is 0 Å². The predicted octanol–water partition coefficient (Wildman–Crippen LogP) is 10.9. The van der Waals surface area contributed by atoms with Gasteiger partial charge in [0.15, 0.2) is 0 Å². The molecular weight excluding hydrogens is 720 g/mol. The number of halogens is 3. The topological polar surface area (TPSA) is 73.7 Å². The minimum Gasteiger partial charge on any atom is -0.508 e. The number of nitrogens with zero attached hydrogens (tertiary/aromatic N) is 2. The molecule has 4 aromatic carbocycles. The van der Waals surface area contributed by atoms with Gasteiger partial charge in [0.1, 0.15) is 41.4 Å². The molecule has 2 heterocycles. The molecule has 45 heavy (non-hydrogen) atoms. The molecule has 1 N–H and O–H groups in total. The molecule has 6 nitrogen and oxygen atoms in total. The van der Waals surface area contributed by atoms with E-state index in [1.807, 2.05) is 103 Å². The van der Waals surface area contributed by atoms with Crippen LogP contribution in [-0.2, 0) is 13.2 Å². The zero-order chi connectivity index (χ0) is 31.7. The first-order valence-electron chi connectivity index (χ1n) is 13.7. The van der Waals surface area contributed by atoms with Crippen LogP contribution in [0.3, 0.4) is 0 Å². The minimum atomic E-state index is 0. The van der Waals surface area contributed by atoms with Gasteiger partial charge in [0.2, 0.25) is 5.88 Å². The second-order valence-electron chi connectivity index (χ2n) is 9.23. The number of aromatic nitrogens is 2. The highest BCUT2D eigenvalue weighted by Crippen LogP contribution is 2.24. The van der Waals surface area contributed by atoms with Gasteiger partial charge in [-0.3, -0.25) is 0 Å². The summed E-state index contributed by atoms with van der Waals surface area (Å²) >= 11 is 12.0. The number of phenolic OH excluding ortho intramolecular Hbond substituents is 1. The maximum atomic E-state index is 9.09. The van der Waals surface area contributed by atoms with Gasteiger partial charge in [-0.1, -0.05) is 72.3 Å². The predicted molar refractivity (Wildman–Crippen MR) is 187 cm³/mol. The number of hydrogen-bond donors (Lipinski definition) is 1. The van der Waals surface area contributed by atoms with E-state index in [1.54, 1.807) is 42.7 Å². The van der Waals surface area contributed by atoms with Crippen molar-refractivity contribution in [2.24, 2.45) is 0 Å². The lowest BCUT2D eigenvalue weighted by molar-refractivity contribution is 0.305. The van der Waals surface area contributed by atoms with E-state index in [0.29, 0.717) is 24.2 Å². The van der Waals surface area contributed by atoms with E-state index in [4.69, 9.17) is 30.9 Å². The van der Waals surface area contributed by atoms with Gasteiger partial charge < -0.3 is 19.3 Å². The average Bonchev–Trinajstić information content (AvgIpc) is 3.08. The highest BCUT2D eigenvalue weighted by Gasteiger charge is 2.01. The van der Waals surface area contributed by atoms with Crippen LogP contribution in [0.2, 0.25) is 5.15 Å². The fourth-order valence-electron chi connectivity index (χ4n) is 3.53. The van der Waals surface area contributed by atoms with E-state index in [2.05, 4.69) is 41.8 Å². The fourth-order valence-corrected chi connectivity index (χ4v) is 4.11. The number of hydrogen-bond acceptors (Lipinski definition) is 6. The third-order valence-electron chi connectivity index (χ3n) is 5.77. The smallest absolute Gasteiger partial charge is 0.219 e. The molecular formula is C36H31Br2ClN2O4. The minimum absolute atomic E-state index is 0. The van der Waals surface area contributed by atoms with Gasteiger partial charge in [0.05, 0.1) is 0 Å². The Balaban J connectivity index is 0.000000207. The van der Waals surface area contributed by atoms with Gasteiger partial charge in [-0.05, 0) is 110 Å². The highest BCUT2D eigenvalue weighted by molar-refractivity contribution is 9.10. The Morgan fingerprint density at radius 1 is 0.556 bits per heavy atom. The summed E-state index contributed by atoms with van der Waals surface area (Å²) in [7, 11) is 0. The Kier molecular flexibility index (Phi) is 13.7. The molecule has 0 amide bonds. The molecule has 0 saturated carbocycles. The van der Waals surface area contributed by atoms with Crippen molar-refractivity contribution in [2.45, 2.75) is 13.2 Å². The van der Waals surface area contributed by atoms with Gasteiger partial charge in [-0.2, -0.15) is 0 Å². The van der Waals surface area contributed by atoms with E-state index in [-0.39, 0.29) is 7.18 Å². The second kappa shape index (κ2) is 18.4. The Hall–Kier alpha value is -4.37. The molecule has 0 radical (unpaired) electrons. The summed E-state index contributed by atoms with van der Waals surface area (Å²) in [5.41, 5.74) is 2.27. The highest BCUT2D eigenvalue weighted by atomic mass is 79.9. The molecule has 2 aromatic heterocycles. The Labute approximate surface area is 286 Å². The molecule has 0 aliphatic heterocycles. The summed E-state index contributed by atoms with van der Waals surface area (Å²) in [6.45, 7) is 1.10. The molecule has 0 atom stereocenters. The monoisotopic (exact) mass is 749 g/mol. The number of aromatic hydroxyl groups is 1. The van der Waals surface area contributed by atoms with Crippen LogP contribution in [0.1, 0.15) is 12.6 Å². The number of pyridine rings is 2. The maximum Gasteiger partial charge on any atom is 0.219 e. The zero-order valence-corrected chi connectivity index (χ0v) is 27.9. The summed E-state index contributed by atoms with van der Waals surface area (Å²) in [6.07, 6.45) is 3.36. The largest absolute Gasteiger partial charge is 0.508 e. The SMILES string of the molecule is Brc1ccc(Oc2ccc(OCc3ccccc3)cc2)nc1.Clc1ccc(Br)cn1.Oc1ccc(OCc2ccccc2)cc1.[2HH]. The number of ether oxygens (including phenoxy) is 3. The Morgan fingerprint density at radius 3 is 1.47 bits per heavy atom. The summed E-state index contributed by atoms with van der Waals surface area (Å²) in [5.74, 6) is 3.10. The first kappa shape index (κ1) is 33.5. The third kappa shape index (κ3) is 13.0. The van der Waals surface area contributed by atoms with E-state index in [1.165, 1.54) is 0 Å². The van der Waals surface area contributed by atoms with Gasteiger partial charge in [0, 0.05) is 28.8 Å². The first-order chi connectivity index (χ1) is 21.9. The number of phenols is 1. The molecule has 230 valence electrons. The quantitative estimate of drug-likeness (QED) is 0.156. The van der Waals surface area contributed by atoms with Crippen LogP contribution in [0.15, 0.2) is 155 Å². The molecule has 0 saturated heterocycles. The van der Waals surface area contributed by atoms with Crippen LogP contribution >= 0.6 is 43.5 Å². The summed E-state index contributed by atoms with van der Waals surface area (Å²) in [6, 6.07) is 41.5. The lowest BCUT2D eigenvalue weighted by atomic mass is 10.2. The fraction of sp³-hybridized carbons (Fsp3) is 0.0556. The Morgan fingerprint density at radius 2 is 1.02 bits per heavy atom.